The molecule has 0 fully saturated rings. The monoisotopic (exact) mass is 313 g/mol. The summed E-state index contributed by atoms with van der Waals surface area (Å²) in [6, 6.07) is 7.33. The molecule has 2 rings (SSSR count). The minimum Gasteiger partial charge on any atom is -0.426 e. The molecule has 5 heteroatoms. The molecule has 0 aliphatic heterocycles. The fraction of sp³-hybridized carbons (Fsp3) is 0.222. The first-order valence-corrected chi connectivity index (χ1v) is 7.11. The number of aryl methyl sites for hydroxylation is 1. The van der Waals surface area contributed by atoms with Gasteiger partial charge >= 0.3 is 11.9 Å². The summed E-state index contributed by atoms with van der Waals surface area (Å²) in [4.78, 5) is 24.9. The third-order valence-electron chi connectivity index (χ3n) is 3.29. The van der Waals surface area contributed by atoms with Crippen LogP contribution in [0.2, 0.25) is 0 Å². The van der Waals surface area contributed by atoms with Crippen LogP contribution in [-0.4, -0.2) is 26.0 Å². The number of esters is 2. The summed E-state index contributed by atoms with van der Waals surface area (Å²) in [7, 11) is 3.64. The molecule has 0 saturated heterocycles. The zero-order valence-corrected chi connectivity index (χ0v) is 13.7. The van der Waals surface area contributed by atoms with E-state index in [1.165, 1.54) is 6.92 Å². The van der Waals surface area contributed by atoms with Gasteiger partial charge in [0.25, 0.3) is 0 Å². The van der Waals surface area contributed by atoms with Crippen LogP contribution in [0.15, 0.2) is 36.9 Å². The number of carbonyl (C=O) groups excluding carboxylic acids is 2. The zero-order valence-electron chi connectivity index (χ0n) is 13.7. The van der Waals surface area contributed by atoms with Gasteiger partial charge in [0, 0.05) is 43.9 Å². The van der Waals surface area contributed by atoms with E-state index < -0.39 is 11.9 Å². The minimum absolute atomic E-state index is 0.408. The smallest absolute Gasteiger partial charge is 0.335 e. The van der Waals surface area contributed by atoms with Crippen LogP contribution >= 0.6 is 0 Å². The topological polar surface area (TPSA) is 55.8 Å². The maximum Gasteiger partial charge on any atom is 0.335 e. The van der Waals surface area contributed by atoms with Gasteiger partial charge in [-0.3, -0.25) is 4.79 Å². The predicted molar refractivity (Wildman–Crippen MR) is 90.2 cm³/mol. The van der Waals surface area contributed by atoms with Crippen molar-refractivity contribution in [2.45, 2.75) is 13.8 Å². The second-order valence-corrected chi connectivity index (χ2v) is 5.39. The molecule has 0 saturated carbocycles. The molecule has 0 radical (unpaired) electrons. The van der Waals surface area contributed by atoms with Crippen molar-refractivity contribution >= 4 is 28.4 Å². The first-order chi connectivity index (χ1) is 10.8. The Morgan fingerprint density at radius 2 is 1.83 bits per heavy atom. The van der Waals surface area contributed by atoms with E-state index >= 15 is 0 Å². The molecule has 2 aromatic rings. The highest BCUT2D eigenvalue weighted by Crippen LogP contribution is 2.42. The molecule has 0 aliphatic rings. The fourth-order valence-corrected chi connectivity index (χ4v) is 2.29. The largest absolute Gasteiger partial charge is 0.426 e. The molecule has 0 spiro atoms. The number of fused-ring (bicyclic) bond motifs is 1. The van der Waals surface area contributed by atoms with Gasteiger partial charge in [0.05, 0.1) is 5.69 Å². The second kappa shape index (κ2) is 6.52. The Labute approximate surface area is 135 Å². The van der Waals surface area contributed by atoms with Crippen LogP contribution in [-0.2, 0) is 9.59 Å². The molecule has 23 heavy (non-hydrogen) atoms. The van der Waals surface area contributed by atoms with Gasteiger partial charge in [0.2, 0.25) is 0 Å². The first-order valence-electron chi connectivity index (χ1n) is 7.11. The number of hydrogen-bond acceptors (Lipinski definition) is 5. The molecule has 0 bridgehead atoms. The minimum atomic E-state index is -0.546. The number of benzene rings is 2. The maximum atomic E-state index is 11.7. The lowest BCUT2D eigenvalue weighted by Gasteiger charge is -2.20. The number of nitrogens with zero attached hydrogens (tertiary/aromatic N) is 1. The number of carbonyl (C=O) groups is 2. The van der Waals surface area contributed by atoms with Gasteiger partial charge in [-0.2, -0.15) is 0 Å². The summed E-state index contributed by atoms with van der Waals surface area (Å²) >= 11 is 0. The molecular formula is C18H19NO4. The second-order valence-electron chi connectivity index (χ2n) is 5.39. The normalized spacial score (nSPS) is 10.3. The van der Waals surface area contributed by atoms with E-state index in [-0.39, 0.29) is 0 Å². The van der Waals surface area contributed by atoms with Gasteiger partial charge in [0.1, 0.15) is 5.75 Å². The average Bonchev–Trinajstić information content (AvgIpc) is 2.48. The van der Waals surface area contributed by atoms with Gasteiger partial charge in [-0.05, 0) is 13.0 Å². The highest BCUT2D eigenvalue weighted by Gasteiger charge is 2.18. The summed E-state index contributed by atoms with van der Waals surface area (Å²) in [6.07, 6.45) is 1.11. The Bertz CT molecular complexity index is 793. The number of hydrogen-bond donors (Lipinski definition) is 0. The maximum absolute atomic E-state index is 11.7. The summed E-state index contributed by atoms with van der Waals surface area (Å²) in [5.41, 5.74) is 1.64. The molecule has 0 amide bonds. The molecule has 5 nitrogen and oxygen atoms in total. The van der Waals surface area contributed by atoms with E-state index in [4.69, 9.17) is 9.47 Å². The van der Waals surface area contributed by atoms with Crippen molar-refractivity contribution in [3.8, 4) is 11.5 Å². The van der Waals surface area contributed by atoms with Crippen molar-refractivity contribution in [1.29, 1.82) is 0 Å². The molecule has 2 aromatic carbocycles. The Kier molecular flexibility index (Phi) is 4.69. The van der Waals surface area contributed by atoms with Crippen LogP contribution in [0, 0.1) is 6.92 Å². The van der Waals surface area contributed by atoms with Crippen LogP contribution < -0.4 is 14.4 Å². The Morgan fingerprint density at radius 3 is 2.39 bits per heavy atom. The summed E-state index contributed by atoms with van der Waals surface area (Å²) in [5.74, 6) is -0.118. The number of ether oxygens (including phenoxy) is 2. The van der Waals surface area contributed by atoms with Crippen molar-refractivity contribution in [3.63, 3.8) is 0 Å². The third-order valence-corrected chi connectivity index (χ3v) is 3.29. The van der Waals surface area contributed by atoms with Crippen molar-refractivity contribution in [3.05, 3.63) is 42.5 Å². The van der Waals surface area contributed by atoms with Crippen LogP contribution in [0.1, 0.15) is 12.5 Å². The summed E-state index contributed by atoms with van der Waals surface area (Å²) < 4.78 is 10.8. The average molecular weight is 313 g/mol. The standard InChI is InChI=1S/C18H19NO4/c1-6-17(21)23-18-13-8-7-11(2)9-14(13)16(22-12(3)20)10-15(18)19(4)5/h6-10H,1H2,2-5H3. The van der Waals surface area contributed by atoms with E-state index in [1.807, 2.05) is 39.2 Å². The lowest BCUT2D eigenvalue weighted by molar-refractivity contribution is -0.132. The van der Waals surface area contributed by atoms with Crippen LogP contribution in [0.4, 0.5) is 5.69 Å². The third kappa shape index (κ3) is 3.51. The van der Waals surface area contributed by atoms with Gasteiger partial charge in [-0.15, -0.1) is 0 Å². The zero-order chi connectivity index (χ0) is 17.1. The van der Waals surface area contributed by atoms with E-state index in [1.54, 1.807) is 11.0 Å². The highest BCUT2D eigenvalue weighted by atomic mass is 16.5. The lowest BCUT2D eigenvalue weighted by atomic mass is 10.0. The molecular weight excluding hydrogens is 294 g/mol. The molecule has 120 valence electrons. The molecule has 0 heterocycles. The molecule has 0 atom stereocenters. The molecule has 0 N–H and O–H groups in total. The van der Waals surface area contributed by atoms with Crippen molar-refractivity contribution in [1.82, 2.24) is 0 Å². The predicted octanol–water partition coefficient (Wildman–Crippen LogP) is 3.23. The van der Waals surface area contributed by atoms with Gasteiger partial charge in [-0.1, -0.05) is 24.3 Å². The SMILES string of the molecule is C=CC(=O)Oc1c(N(C)C)cc(OC(C)=O)c2cc(C)ccc12. The van der Waals surface area contributed by atoms with Gasteiger partial charge in [0.15, 0.2) is 5.75 Å². The Morgan fingerprint density at radius 1 is 1.13 bits per heavy atom. The van der Waals surface area contributed by atoms with Crippen LogP contribution in [0.25, 0.3) is 10.8 Å². The molecule has 0 unspecified atom stereocenters. The van der Waals surface area contributed by atoms with Crippen molar-refractivity contribution in [2.75, 3.05) is 19.0 Å². The van der Waals surface area contributed by atoms with E-state index in [0.29, 0.717) is 28.0 Å². The van der Waals surface area contributed by atoms with E-state index in [2.05, 4.69) is 6.58 Å². The van der Waals surface area contributed by atoms with Crippen molar-refractivity contribution in [2.24, 2.45) is 0 Å². The van der Waals surface area contributed by atoms with E-state index in [0.717, 1.165) is 11.6 Å². The summed E-state index contributed by atoms with van der Waals surface area (Å²) in [5, 5.41) is 1.39. The van der Waals surface area contributed by atoms with Gasteiger partial charge < -0.3 is 14.4 Å². The first kappa shape index (κ1) is 16.5. The Balaban J connectivity index is 2.81. The number of rotatable bonds is 4. The fourth-order valence-electron chi connectivity index (χ4n) is 2.29. The highest BCUT2D eigenvalue weighted by molar-refractivity contribution is 6.01. The van der Waals surface area contributed by atoms with Gasteiger partial charge in [-0.25, -0.2) is 4.79 Å². The van der Waals surface area contributed by atoms with Crippen molar-refractivity contribution < 1.29 is 19.1 Å². The van der Waals surface area contributed by atoms with Crippen LogP contribution in [0.3, 0.4) is 0 Å². The molecule has 0 aliphatic carbocycles. The summed E-state index contributed by atoms with van der Waals surface area (Å²) in [6.45, 7) is 6.71. The lowest BCUT2D eigenvalue weighted by Crippen LogP contribution is -2.14. The van der Waals surface area contributed by atoms with Crippen LogP contribution in [0.5, 0.6) is 11.5 Å². The number of anilines is 1. The Hall–Kier alpha value is -2.82. The molecule has 0 aromatic heterocycles. The van der Waals surface area contributed by atoms with E-state index in [9.17, 15) is 9.59 Å². The quantitative estimate of drug-likeness (QED) is 0.493.